The first kappa shape index (κ1) is 14.8. The number of carboxylic acids is 1. The zero-order chi connectivity index (χ0) is 14.5. The van der Waals surface area contributed by atoms with Gasteiger partial charge in [-0.15, -0.1) is 0 Å². The number of nitrogens with one attached hydrogen (secondary N) is 1. The Morgan fingerprint density at radius 2 is 2.16 bits per heavy atom. The number of nitrogens with zero attached hydrogens (tertiary/aromatic N) is 1. The van der Waals surface area contributed by atoms with Gasteiger partial charge in [-0.2, -0.15) is 5.26 Å². The lowest BCUT2D eigenvalue weighted by Crippen LogP contribution is -2.24. The summed E-state index contributed by atoms with van der Waals surface area (Å²) in [5, 5.41) is 15.9. The van der Waals surface area contributed by atoms with Crippen molar-refractivity contribution in [3.05, 3.63) is 24.3 Å². The highest BCUT2D eigenvalue weighted by molar-refractivity contribution is 7.93. The van der Waals surface area contributed by atoms with Gasteiger partial charge in [0.25, 0.3) is 0 Å². The van der Waals surface area contributed by atoms with Crippen LogP contribution >= 0.6 is 0 Å². The maximum atomic E-state index is 11.7. The minimum absolute atomic E-state index is 0.0821. The van der Waals surface area contributed by atoms with Crippen molar-refractivity contribution in [1.29, 1.82) is 5.26 Å². The predicted molar refractivity (Wildman–Crippen MR) is 67.2 cm³/mol. The molecule has 0 spiro atoms. The first-order chi connectivity index (χ1) is 8.86. The molecule has 102 valence electrons. The molecule has 7 nitrogen and oxygen atoms in total. The lowest BCUT2D eigenvalue weighted by Gasteiger charge is -2.13. The van der Waals surface area contributed by atoms with E-state index >= 15 is 0 Å². The van der Waals surface area contributed by atoms with Crippen molar-refractivity contribution in [2.75, 3.05) is 11.3 Å². The summed E-state index contributed by atoms with van der Waals surface area (Å²) in [6.45, 7) is 0.648. The van der Waals surface area contributed by atoms with Gasteiger partial charge in [0, 0.05) is 0 Å². The third-order valence-electron chi connectivity index (χ3n) is 2.14. The number of benzene rings is 1. The SMILES string of the molecule is CC(C#N)S(=O)(=O)Nc1ccccc1OCC(=O)O. The average Bonchev–Trinajstić information content (AvgIpc) is 2.36. The van der Waals surface area contributed by atoms with Crippen LogP contribution in [-0.4, -0.2) is 31.4 Å². The van der Waals surface area contributed by atoms with Gasteiger partial charge in [0.2, 0.25) is 10.0 Å². The summed E-state index contributed by atoms with van der Waals surface area (Å²) < 4.78 is 30.6. The standard InChI is InChI=1S/C11H12N2O5S/c1-8(6-12)19(16,17)13-9-4-2-3-5-10(9)18-7-11(14)15/h2-5,8,13H,7H2,1H3,(H,14,15). The van der Waals surface area contributed by atoms with Crippen molar-refractivity contribution < 1.29 is 23.1 Å². The molecule has 1 atom stereocenters. The number of carboxylic acid groups (broad SMARTS) is 1. The molecule has 0 saturated carbocycles. The van der Waals surface area contributed by atoms with Crippen LogP contribution in [0.1, 0.15) is 6.92 Å². The third-order valence-corrected chi connectivity index (χ3v) is 3.68. The highest BCUT2D eigenvalue weighted by Crippen LogP contribution is 2.25. The van der Waals surface area contributed by atoms with E-state index in [1.54, 1.807) is 18.2 Å². The quantitative estimate of drug-likeness (QED) is 0.798. The lowest BCUT2D eigenvalue weighted by atomic mass is 10.3. The summed E-state index contributed by atoms with van der Waals surface area (Å²) in [7, 11) is -3.86. The number of hydrogen-bond donors (Lipinski definition) is 2. The Kier molecular flexibility index (Phi) is 4.72. The Hall–Kier alpha value is -2.27. The zero-order valence-electron chi connectivity index (χ0n) is 10.0. The van der Waals surface area contributed by atoms with Crippen LogP contribution in [0.15, 0.2) is 24.3 Å². The monoisotopic (exact) mass is 284 g/mol. The maximum Gasteiger partial charge on any atom is 0.341 e. The molecule has 0 aliphatic rings. The Morgan fingerprint density at radius 1 is 1.53 bits per heavy atom. The predicted octanol–water partition coefficient (Wildman–Crippen LogP) is 0.804. The minimum Gasteiger partial charge on any atom is -0.480 e. The second-order valence-electron chi connectivity index (χ2n) is 3.60. The van der Waals surface area contributed by atoms with E-state index in [4.69, 9.17) is 15.1 Å². The van der Waals surface area contributed by atoms with E-state index in [0.717, 1.165) is 0 Å². The number of hydrogen-bond acceptors (Lipinski definition) is 5. The summed E-state index contributed by atoms with van der Waals surface area (Å²) >= 11 is 0. The van der Waals surface area contributed by atoms with Gasteiger partial charge < -0.3 is 9.84 Å². The molecule has 1 unspecified atom stereocenters. The molecule has 0 saturated heterocycles. The number of rotatable bonds is 6. The Labute approximate surface area is 110 Å². The molecule has 0 fully saturated rings. The van der Waals surface area contributed by atoms with Crippen molar-refractivity contribution >= 4 is 21.7 Å². The van der Waals surface area contributed by atoms with Gasteiger partial charge in [-0.3, -0.25) is 4.72 Å². The molecule has 0 aliphatic heterocycles. The summed E-state index contributed by atoms with van der Waals surface area (Å²) in [5.41, 5.74) is 0.0888. The van der Waals surface area contributed by atoms with Gasteiger partial charge in [-0.1, -0.05) is 12.1 Å². The molecule has 2 N–H and O–H groups in total. The van der Waals surface area contributed by atoms with Crippen LogP contribution in [0.3, 0.4) is 0 Å². The van der Waals surface area contributed by atoms with Crippen molar-refractivity contribution in [3.63, 3.8) is 0 Å². The van der Waals surface area contributed by atoms with E-state index in [-0.39, 0.29) is 11.4 Å². The fraction of sp³-hybridized carbons (Fsp3) is 0.273. The van der Waals surface area contributed by atoms with E-state index in [1.807, 2.05) is 0 Å². The van der Waals surface area contributed by atoms with Crippen LogP contribution in [-0.2, 0) is 14.8 Å². The number of para-hydroxylation sites is 2. The summed E-state index contributed by atoms with van der Waals surface area (Å²) in [6, 6.07) is 7.58. The average molecular weight is 284 g/mol. The number of ether oxygens (including phenoxy) is 1. The highest BCUT2D eigenvalue weighted by atomic mass is 32.2. The van der Waals surface area contributed by atoms with Crippen molar-refractivity contribution in [2.24, 2.45) is 0 Å². The van der Waals surface area contributed by atoms with E-state index in [9.17, 15) is 13.2 Å². The summed E-state index contributed by atoms with van der Waals surface area (Å²) in [4.78, 5) is 10.4. The largest absolute Gasteiger partial charge is 0.480 e. The molecular weight excluding hydrogens is 272 g/mol. The van der Waals surface area contributed by atoms with Crippen LogP contribution in [0.25, 0.3) is 0 Å². The number of anilines is 1. The number of aliphatic carboxylic acids is 1. The molecule has 1 aromatic carbocycles. The van der Waals surface area contributed by atoms with Gasteiger partial charge in [-0.25, -0.2) is 13.2 Å². The van der Waals surface area contributed by atoms with E-state index in [2.05, 4.69) is 4.72 Å². The number of nitriles is 1. The second-order valence-corrected chi connectivity index (χ2v) is 5.60. The third kappa shape index (κ3) is 4.15. The summed E-state index contributed by atoms with van der Waals surface area (Å²) in [5.74, 6) is -1.10. The molecule has 0 radical (unpaired) electrons. The lowest BCUT2D eigenvalue weighted by molar-refractivity contribution is -0.139. The molecule has 8 heteroatoms. The van der Waals surface area contributed by atoms with E-state index in [0.29, 0.717) is 0 Å². The Balaban J connectivity index is 2.96. The molecule has 19 heavy (non-hydrogen) atoms. The topological polar surface area (TPSA) is 116 Å². The van der Waals surface area contributed by atoms with Crippen LogP contribution < -0.4 is 9.46 Å². The van der Waals surface area contributed by atoms with Crippen LogP contribution in [0.5, 0.6) is 5.75 Å². The second kappa shape index (κ2) is 6.06. The van der Waals surface area contributed by atoms with E-state index < -0.39 is 27.8 Å². The van der Waals surface area contributed by atoms with Crippen molar-refractivity contribution in [3.8, 4) is 11.8 Å². The van der Waals surface area contributed by atoms with Gasteiger partial charge in [0.05, 0.1) is 11.8 Å². The van der Waals surface area contributed by atoms with Gasteiger partial charge in [0.1, 0.15) is 5.75 Å². The smallest absolute Gasteiger partial charge is 0.341 e. The zero-order valence-corrected chi connectivity index (χ0v) is 10.8. The van der Waals surface area contributed by atoms with Gasteiger partial charge in [0.15, 0.2) is 11.9 Å². The van der Waals surface area contributed by atoms with Crippen LogP contribution in [0.2, 0.25) is 0 Å². The van der Waals surface area contributed by atoms with Crippen molar-refractivity contribution in [2.45, 2.75) is 12.2 Å². The molecule has 0 aromatic heterocycles. The normalized spacial score (nSPS) is 12.2. The van der Waals surface area contributed by atoms with Gasteiger partial charge in [-0.05, 0) is 19.1 Å². The molecular formula is C11H12N2O5S. The molecule has 0 amide bonds. The van der Waals surface area contributed by atoms with Crippen LogP contribution in [0.4, 0.5) is 5.69 Å². The fourth-order valence-electron chi connectivity index (χ4n) is 1.13. The molecule has 0 bridgehead atoms. The Morgan fingerprint density at radius 3 is 2.74 bits per heavy atom. The molecule has 0 aliphatic carbocycles. The Bertz CT molecular complexity index is 606. The minimum atomic E-state index is -3.86. The molecule has 1 aromatic rings. The first-order valence-corrected chi connectivity index (χ1v) is 6.76. The van der Waals surface area contributed by atoms with Crippen molar-refractivity contribution in [1.82, 2.24) is 0 Å². The molecule has 0 heterocycles. The first-order valence-electron chi connectivity index (χ1n) is 5.21. The number of sulfonamides is 1. The summed E-state index contributed by atoms with van der Waals surface area (Å²) in [6.07, 6.45) is 0. The molecule has 1 rings (SSSR count). The maximum absolute atomic E-state index is 11.7. The van der Waals surface area contributed by atoms with Crippen LogP contribution in [0, 0.1) is 11.3 Å². The number of carbonyl (C=O) groups is 1. The highest BCUT2D eigenvalue weighted by Gasteiger charge is 2.21. The van der Waals surface area contributed by atoms with Gasteiger partial charge >= 0.3 is 5.97 Å². The van der Waals surface area contributed by atoms with E-state index in [1.165, 1.54) is 19.1 Å². The fourth-order valence-corrected chi connectivity index (χ4v) is 1.92.